The number of pyridine rings is 1. The molecule has 6 nitrogen and oxygen atoms in total. The summed E-state index contributed by atoms with van der Waals surface area (Å²) in [5.74, 6) is 0.608. The molecule has 1 atom stereocenters. The van der Waals surface area contributed by atoms with Crippen molar-refractivity contribution in [1.29, 1.82) is 0 Å². The number of benzene rings is 1. The first kappa shape index (κ1) is 19.1. The van der Waals surface area contributed by atoms with Crippen LogP contribution < -0.4 is 9.64 Å². The number of amides is 1. The monoisotopic (exact) mass is 394 g/mol. The lowest BCUT2D eigenvalue weighted by atomic mass is 9.98. The maximum absolute atomic E-state index is 13.8. The van der Waals surface area contributed by atoms with Crippen LogP contribution in [0.2, 0.25) is 0 Å². The van der Waals surface area contributed by atoms with Crippen molar-refractivity contribution >= 4 is 11.7 Å². The zero-order valence-corrected chi connectivity index (χ0v) is 16.5. The Balaban J connectivity index is 1.54. The molecule has 150 valence electrons. The van der Waals surface area contributed by atoms with Gasteiger partial charge in [-0.25, -0.2) is 9.37 Å². The maximum Gasteiger partial charge on any atom is 0.231 e. The third-order valence-electron chi connectivity index (χ3n) is 5.35. The lowest BCUT2D eigenvalue weighted by Crippen LogP contribution is -2.28. The van der Waals surface area contributed by atoms with Gasteiger partial charge in [0.15, 0.2) is 0 Å². The van der Waals surface area contributed by atoms with E-state index in [1.54, 1.807) is 17.2 Å². The van der Waals surface area contributed by atoms with E-state index in [1.165, 1.54) is 19.2 Å². The molecule has 1 fully saturated rings. The van der Waals surface area contributed by atoms with Crippen molar-refractivity contribution in [1.82, 2.24) is 15.2 Å². The lowest BCUT2D eigenvalue weighted by molar-refractivity contribution is -0.120. The normalized spacial score (nSPS) is 16.4. The Morgan fingerprint density at radius 2 is 2.17 bits per heavy atom. The highest BCUT2D eigenvalue weighted by molar-refractivity contribution is 5.96. The predicted octanol–water partition coefficient (Wildman–Crippen LogP) is 3.78. The first-order chi connectivity index (χ1) is 14.1. The van der Waals surface area contributed by atoms with Crippen LogP contribution in [0, 0.1) is 11.7 Å². The summed E-state index contributed by atoms with van der Waals surface area (Å²) in [5, 5.41) is 6.82. The Morgan fingerprint density at radius 1 is 1.31 bits per heavy atom. The number of anilines is 1. The summed E-state index contributed by atoms with van der Waals surface area (Å²) in [5.41, 5.74) is 3.68. The van der Waals surface area contributed by atoms with Crippen LogP contribution in [0.3, 0.4) is 0 Å². The van der Waals surface area contributed by atoms with Crippen molar-refractivity contribution < 1.29 is 13.9 Å². The van der Waals surface area contributed by atoms with Gasteiger partial charge in [-0.1, -0.05) is 6.92 Å². The molecule has 1 saturated heterocycles. The van der Waals surface area contributed by atoms with Crippen molar-refractivity contribution in [2.75, 3.05) is 18.6 Å². The van der Waals surface area contributed by atoms with Crippen molar-refractivity contribution in [3.8, 4) is 16.9 Å². The molecule has 0 bridgehead atoms. The van der Waals surface area contributed by atoms with E-state index in [0.29, 0.717) is 31.0 Å². The molecule has 7 heteroatoms. The zero-order chi connectivity index (χ0) is 20.4. The second-order valence-electron chi connectivity index (χ2n) is 7.18. The standard InChI is InChI=1S/C22H23FN4O2/c1-3-20-19(16-12-24-25-13-16)4-5-21(26-20)27-7-6-15(22(27)28)8-14-9-17(23)11-18(10-14)29-2/h4-5,9-13,15H,3,6-8H2,1-2H3,(H,24,25). The van der Waals surface area contributed by atoms with E-state index >= 15 is 0 Å². The maximum atomic E-state index is 13.8. The predicted molar refractivity (Wildman–Crippen MR) is 108 cm³/mol. The van der Waals surface area contributed by atoms with Crippen LogP contribution in [0.1, 0.15) is 24.6 Å². The molecule has 0 spiro atoms. The summed E-state index contributed by atoms with van der Waals surface area (Å²) in [4.78, 5) is 19.5. The molecule has 29 heavy (non-hydrogen) atoms. The van der Waals surface area contributed by atoms with E-state index in [1.807, 2.05) is 25.3 Å². The van der Waals surface area contributed by atoms with Crippen LogP contribution in [-0.2, 0) is 17.6 Å². The SMILES string of the molecule is CCc1nc(N2CCC(Cc3cc(F)cc(OC)c3)C2=O)ccc1-c1cn[nH]c1. The average Bonchev–Trinajstić information content (AvgIpc) is 3.38. The van der Waals surface area contributed by atoms with Gasteiger partial charge in [-0.2, -0.15) is 5.10 Å². The van der Waals surface area contributed by atoms with Crippen molar-refractivity contribution in [3.05, 3.63) is 59.8 Å². The van der Waals surface area contributed by atoms with Crippen LogP contribution in [0.25, 0.3) is 11.1 Å². The number of methoxy groups -OCH3 is 1. The number of hydrogen-bond acceptors (Lipinski definition) is 4. The van der Waals surface area contributed by atoms with Gasteiger partial charge in [0.1, 0.15) is 17.4 Å². The van der Waals surface area contributed by atoms with Crippen LogP contribution >= 0.6 is 0 Å². The number of carbonyl (C=O) groups excluding carboxylic acids is 1. The minimum atomic E-state index is -0.356. The van der Waals surface area contributed by atoms with Crippen molar-refractivity contribution in [2.24, 2.45) is 5.92 Å². The Morgan fingerprint density at radius 3 is 2.90 bits per heavy atom. The zero-order valence-electron chi connectivity index (χ0n) is 16.5. The molecule has 1 aromatic carbocycles. The molecule has 1 N–H and O–H groups in total. The first-order valence-corrected chi connectivity index (χ1v) is 9.73. The van der Waals surface area contributed by atoms with Crippen LogP contribution in [0.5, 0.6) is 5.75 Å². The topological polar surface area (TPSA) is 71.1 Å². The van der Waals surface area contributed by atoms with Crippen LogP contribution in [0.15, 0.2) is 42.7 Å². The smallest absolute Gasteiger partial charge is 0.231 e. The minimum Gasteiger partial charge on any atom is -0.497 e. The molecule has 3 aromatic rings. The quantitative estimate of drug-likeness (QED) is 0.691. The highest BCUT2D eigenvalue weighted by atomic mass is 19.1. The minimum absolute atomic E-state index is 0.0267. The Hall–Kier alpha value is -3.22. The lowest BCUT2D eigenvalue weighted by Gasteiger charge is -2.18. The number of rotatable bonds is 6. The van der Waals surface area contributed by atoms with E-state index in [-0.39, 0.29) is 17.6 Å². The summed E-state index contributed by atoms with van der Waals surface area (Å²) in [6, 6.07) is 8.46. The molecule has 1 amide bonds. The number of H-pyrrole nitrogens is 1. The fourth-order valence-electron chi connectivity index (χ4n) is 3.87. The van der Waals surface area contributed by atoms with E-state index in [9.17, 15) is 9.18 Å². The molecule has 0 aliphatic carbocycles. The van der Waals surface area contributed by atoms with Gasteiger partial charge in [0, 0.05) is 35.9 Å². The number of aromatic nitrogens is 3. The highest BCUT2D eigenvalue weighted by Crippen LogP contribution is 2.30. The van der Waals surface area contributed by atoms with E-state index < -0.39 is 0 Å². The third-order valence-corrected chi connectivity index (χ3v) is 5.35. The number of carbonyl (C=O) groups is 1. The molecule has 0 saturated carbocycles. The molecule has 2 aromatic heterocycles. The van der Waals surface area contributed by atoms with Crippen molar-refractivity contribution in [2.45, 2.75) is 26.2 Å². The van der Waals surface area contributed by atoms with Gasteiger partial charge in [0.25, 0.3) is 0 Å². The first-order valence-electron chi connectivity index (χ1n) is 9.73. The number of aryl methyl sites for hydroxylation is 1. The molecular formula is C22H23FN4O2. The Bertz CT molecular complexity index is 1020. The molecule has 1 aliphatic rings. The van der Waals surface area contributed by atoms with Crippen LogP contribution in [0.4, 0.5) is 10.2 Å². The molecule has 3 heterocycles. The molecule has 4 rings (SSSR count). The fourth-order valence-corrected chi connectivity index (χ4v) is 3.87. The van der Waals surface area contributed by atoms with Gasteiger partial charge in [-0.15, -0.1) is 0 Å². The summed E-state index contributed by atoms with van der Waals surface area (Å²) < 4.78 is 18.9. The molecular weight excluding hydrogens is 371 g/mol. The fraction of sp³-hybridized carbons (Fsp3) is 0.318. The van der Waals surface area contributed by atoms with Gasteiger partial charge in [0.05, 0.1) is 19.0 Å². The van der Waals surface area contributed by atoms with Gasteiger partial charge in [-0.3, -0.25) is 14.8 Å². The summed E-state index contributed by atoms with van der Waals surface area (Å²) in [6.07, 6.45) is 5.55. The summed E-state index contributed by atoms with van der Waals surface area (Å²) in [6.45, 7) is 2.65. The van der Waals surface area contributed by atoms with Gasteiger partial charge in [0.2, 0.25) is 5.91 Å². The Kier molecular flexibility index (Phi) is 5.29. The molecule has 0 radical (unpaired) electrons. The number of aromatic amines is 1. The van der Waals surface area contributed by atoms with Gasteiger partial charge >= 0.3 is 0 Å². The number of nitrogens with zero attached hydrogens (tertiary/aromatic N) is 3. The number of nitrogens with one attached hydrogen (secondary N) is 1. The average molecular weight is 394 g/mol. The van der Waals surface area contributed by atoms with E-state index in [4.69, 9.17) is 9.72 Å². The van der Waals surface area contributed by atoms with Crippen LogP contribution in [-0.4, -0.2) is 34.7 Å². The highest BCUT2D eigenvalue weighted by Gasteiger charge is 2.33. The molecule has 1 aliphatic heterocycles. The number of hydrogen-bond donors (Lipinski definition) is 1. The largest absolute Gasteiger partial charge is 0.497 e. The Labute approximate surface area is 168 Å². The second-order valence-corrected chi connectivity index (χ2v) is 7.18. The van der Waals surface area contributed by atoms with Crippen molar-refractivity contribution in [3.63, 3.8) is 0 Å². The summed E-state index contributed by atoms with van der Waals surface area (Å²) in [7, 11) is 1.51. The van der Waals surface area contributed by atoms with Gasteiger partial charge in [-0.05, 0) is 49.1 Å². The number of halogens is 1. The van der Waals surface area contributed by atoms with E-state index in [0.717, 1.165) is 28.8 Å². The molecule has 1 unspecified atom stereocenters. The van der Waals surface area contributed by atoms with Gasteiger partial charge < -0.3 is 4.74 Å². The summed E-state index contributed by atoms with van der Waals surface area (Å²) >= 11 is 0. The third kappa shape index (κ3) is 3.85. The van der Waals surface area contributed by atoms with E-state index in [2.05, 4.69) is 10.2 Å². The number of ether oxygens (including phenoxy) is 1. The second kappa shape index (κ2) is 8.03.